The average molecular weight is 368 g/mol. The summed E-state index contributed by atoms with van der Waals surface area (Å²) in [6.07, 6.45) is 0.665. The third kappa shape index (κ3) is 4.95. The highest BCUT2D eigenvalue weighted by Gasteiger charge is 2.07. The van der Waals surface area contributed by atoms with Crippen LogP contribution in [0.3, 0.4) is 0 Å². The third-order valence-electron chi connectivity index (χ3n) is 2.70. The summed E-state index contributed by atoms with van der Waals surface area (Å²) in [5.74, 6) is -0.302. The lowest BCUT2D eigenvalue weighted by molar-refractivity contribution is 0.0948. The second-order valence-electron chi connectivity index (χ2n) is 4.25. The van der Waals surface area contributed by atoms with E-state index in [2.05, 4.69) is 31.5 Å². The van der Waals surface area contributed by atoms with Crippen LogP contribution in [0.2, 0.25) is 0 Å². The van der Waals surface area contributed by atoms with E-state index < -0.39 is 0 Å². The maximum absolute atomic E-state index is 11.8. The van der Waals surface area contributed by atoms with Crippen LogP contribution in [0.25, 0.3) is 0 Å². The predicted octanol–water partition coefficient (Wildman–Crippen LogP) is 2.46. The third-order valence-corrected chi connectivity index (χ3v) is 3.81. The molecule has 0 unspecified atom stereocenters. The van der Waals surface area contributed by atoms with Crippen LogP contribution in [-0.4, -0.2) is 29.9 Å². The maximum Gasteiger partial charge on any atom is 0.270 e. The van der Waals surface area contributed by atoms with Gasteiger partial charge in [0.05, 0.1) is 5.51 Å². The molecule has 2 rings (SSSR count). The molecule has 1 aromatic heterocycles. The number of hydrogen-bond acceptors (Lipinski definition) is 4. The highest BCUT2D eigenvalue weighted by atomic mass is 79.9. The number of benzene rings is 1. The molecule has 0 atom stereocenters. The maximum atomic E-state index is 11.8. The van der Waals surface area contributed by atoms with E-state index in [1.54, 1.807) is 23.0 Å². The van der Waals surface area contributed by atoms with Gasteiger partial charge in [-0.1, -0.05) is 15.9 Å². The minimum absolute atomic E-state index is 0.117. The van der Waals surface area contributed by atoms with E-state index in [0.29, 0.717) is 30.8 Å². The largest absolute Gasteiger partial charge is 0.352 e. The van der Waals surface area contributed by atoms with Gasteiger partial charge >= 0.3 is 0 Å². The van der Waals surface area contributed by atoms with Gasteiger partial charge in [0.2, 0.25) is 0 Å². The van der Waals surface area contributed by atoms with E-state index in [0.717, 1.165) is 4.47 Å². The van der Waals surface area contributed by atoms with E-state index in [9.17, 15) is 9.59 Å². The van der Waals surface area contributed by atoms with Gasteiger partial charge in [-0.2, -0.15) is 0 Å². The number of hydrogen-bond donors (Lipinski definition) is 2. The average Bonchev–Trinajstić information content (AvgIpc) is 3.01. The van der Waals surface area contributed by atoms with Crippen LogP contribution >= 0.6 is 27.3 Å². The topological polar surface area (TPSA) is 71.1 Å². The summed E-state index contributed by atoms with van der Waals surface area (Å²) in [5.41, 5.74) is 2.66. The fourth-order valence-electron chi connectivity index (χ4n) is 1.61. The van der Waals surface area contributed by atoms with Crippen molar-refractivity contribution in [1.29, 1.82) is 0 Å². The van der Waals surface area contributed by atoms with Crippen LogP contribution < -0.4 is 10.6 Å². The Labute approximate surface area is 134 Å². The summed E-state index contributed by atoms with van der Waals surface area (Å²) in [4.78, 5) is 27.3. The number of thiazole rings is 1. The van der Waals surface area contributed by atoms with Gasteiger partial charge in [-0.3, -0.25) is 9.59 Å². The molecule has 1 aromatic carbocycles. The number of rotatable bonds is 6. The van der Waals surface area contributed by atoms with Crippen molar-refractivity contribution in [2.45, 2.75) is 6.42 Å². The molecule has 1 heterocycles. The van der Waals surface area contributed by atoms with Crippen molar-refractivity contribution in [2.75, 3.05) is 13.1 Å². The Kier molecular flexibility index (Phi) is 5.89. The zero-order valence-electron chi connectivity index (χ0n) is 11.1. The molecule has 0 radical (unpaired) electrons. The number of nitrogens with one attached hydrogen (secondary N) is 2. The second kappa shape index (κ2) is 7.90. The smallest absolute Gasteiger partial charge is 0.270 e. The van der Waals surface area contributed by atoms with E-state index in [1.807, 2.05) is 12.1 Å². The van der Waals surface area contributed by atoms with Crippen molar-refractivity contribution in [3.8, 4) is 0 Å². The number of nitrogens with zero attached hydrogens (tertiary/aromatic N) is 1. The summed E-state index contributed by atoms with van der Waals surface area (Å²) < 4.78 is 0.934. The van der Waals surface area contributed by atoms with Gasteiger partial charge in [0.25, 0.3) is 11.8 Å². The summed E-state index contributed by atoms with van der Waals surface area (Å²) in [6.45, 7) is 1.00. The lowest BCUT2D eigenvalue weighted by atomic mass is 10.2. The van der Waals surface area contributed by atoms with E-state index in [-0.39, 0.29) is 11.8 Å². The van der Waals surface area contributed by atoms with Gasteiger partial charge in [0.1, 0.15) is 5.69 Å². The Hall–Kier alpha value is -1.73. The van der Waals surface area contributed by atoms with Gasteiger partial charge in [0, 0.05) is 28.5 Å². The molecule has 0 saturated heterocycles. The fourth-order valence-corrected chi connectivity index (χ4v) is 2.41. The molecule has 7 heteroatoms. The molecular weight excluding hydrogens is 354 g/mol. The van der Waals surface area contributed by atoms with Crippen LogP contribution in [0.4, 0.5) is 0 Å². The number of carbonyl (C=O) groups excluding carboxylic acids is 2. The first-order chi connectivity index (χ1) is 10.2. The van der Waals surface area contributed by atoms with Crippen molar-refractivity contribution in [3.05, 3.63) is 50.9 Å². The first kappa shape index (κ1) is 15.7. The van der Waals surface area contributed by atoms with Crippen LogP contribution in [-0.2, 0) is 0 Å². The molecule has 2 N–H and O–H groups in total. The molecule has 2 aromatic rings. The Bertz CT molecular complexity index is 599. The van der Waals surface area contributed by atoms with Crippen LogP contribution in [0.1, 0.15) is 27.3 Å². The molecule has 0 saturated carbocycles. The number of halogens is 1. The van der Waals surface area contributed by atoms with Gasteiger partial charge in [-0.25, -0.2) is 4.98 Å². The minimum Gasteiger partial charge on any atom is -0.352 e. The highest BCUT2D eigenvalue weighted by Crippen LogP contribution is 2.10. The molecule has 0 spiro atoms. The van der Waals surface area contributed by atoms with Crippen LogP contribution in [0.15, 0.2) is 39.6 Å². The van der Waals surface area contributed by atoms with E-state index >= 15 is 0 Å². The molecule has 0 bridgehead atoms. The van der Waals surface area contributed by atoms with Crippen molar-refractivity contribution in [2.24, 2.45) is 0 Å². The first-order valence-corrected chi connectivity index (χ1v) is 8.10. The van der Waals surface area contributed by atoms with Crippen molar-refractivity contribution in [1.82, 2.24) is 15.6 Å². The van der Waals surface area contributed by atoms with Gasteiger partial charge in [0.15, 0.2) is 0 Å². The molecule has 0 aliphatic carbocycles. The molecular formula is C14H14BrN3O2S. The summed E-state index contributed by atoms with van der Waals surface area (Å²) >= 11 is 4.70. The molecule has 110 valence electrons. The van der Waals surface area contributed by atoms with Crippen molar-refractivity contribution >= 4 is 39.1 Å². The monoisotopic (exact) mass is 367 g/mol. The number of carbonyl (C=O) groups is 2. The van der Waals surface area contributed by atoms with Crippen LogP contribution in [0.5, 0.6) is 0 Å². The quantitative estimate of drug-likeness (QED) is 0.770. The SMILES string of the molecule is O=C(NCCCNC(=O)c1cscn1)c1ccc(Br)cc1. The van der Waals surface area contributed by atoms with Crippen molar-refractivity contribution < 1.29 is 9.59 Å². The Morgan fingerprint density at radius 1 is 1.10 bits per heavy atom. The molecule has 5 nitrogen and oxygen atoms in total. The van der Waals surface area contributed by atoms with Gasteiger partial charge in [-0.05, 0) is 30.7 Å². The zero-order chi connectivity index (χ0) is 15.1. The normalized spacial score (nSPS) is 10.1. The summed E-state index contributed by atoms with van der Waals surface area (Å²) in [5, 5.41) is 7.26. The Balaban J connectivity index is 1.64. The molecule has 0 aliphatic heterocycles. The molecule has 0 aliphatic rings. The number of aromatic nitrogens is 1. The minimum atomic E-state index is -0.185. The Morgan fingerprint density at radius 2 is 1.76 bits per heavy atom. The summed E-state index contributed by atoms with van der Waals surface area (Å²) in [6, 6.07) is 7.15. The lowest BCUT2D eigenvalue weighted by Crippen LogP contribution is -2.30. The first-order valence-electron chi connectivity index (χ1n) is 6.37. The molecule has 2 amide bonds. The van der Waals surface area contributed by atoms with Gasteiger partial charge in [-0.15, -0.1) is 11.3 Å². The van der Waals surface area contributed by atoms with Crippen LogP contribution in [0, 0.1) is 0 Å². The number of amides is 2. The molecule has 0 fully saturated rings. The predicted molar refractivity (Wildman–Crippen MR) is 85.5 cm³/mol. The molecule has 21 heavy (non-hydrogen) atoms. The lowest BCUT2D eigenvalue weighted by Gasteiger charge is -2.06. The van der Waals surface area contributed by atoms with Gasteiger partial charge < -0.3 is 10.6 Å². The standard InChI is InChI=1S/C14H14BrN3O2S/c15-11-4-2-10(3-5-11)13(19)16-6-1-7-17-14(20)12-8-21-9-18-12/h2-5,8-9H,1,6-7H2,(H,16,19)(H,17,20). The summed E-state index contributed by atoms with van der Waals surface area (Å²) in [7, 11) is 0. The highest BCUT2D eigenvalue weighted by molar-refractivity contribution is 9.10. The van der Waals surface area contributed by atoms with E-state index in [1.165, 1.54) is 11.3 Å². The van der Waals surface area contributed by atoms with Crippen molar-refractivity contribution in [3.63, 3.8) is 0 Å². The van der Waals surface area contributed by atoms with E-state index in [4.69, 9.17) is 0 Å². The second-order valence-corrected chi connectivity index (χ2v) is 5.88. The zero-order valence-corrected chi connectivity index (χ0v) is 13.5. The fraction of sp³-hybridized carbons (Fsp3) is 0.214. The Morgan fingerprint density at radius 3 is 2.38 bits per heavy atom.